The van der Waals surface area contributed by atoms with Crippen molar-refractivity contribution in [3.05, 3.63) is 61.1 Å². The van der Waals surface area contributed by atoms with Crippen molar-refractivity contribution in [3.63, 3.8) is 0 Å². The first-order valence-corrected chi connectivity index (χ1v) is 8.23. The minimum atomic E-state index is -3.54. The van der Waals surface area contributed by atoms with Crippen molar-refractivity contribution < 1.29 is 13.5 Å². The van der Waals surface area contributed by atoms with Gasteiger partial charge in [-0.25, -0.2) is 12.7 Å². The quantitative estimate of drug-likeness (QED) is 0.779. The number of hydrogen-bond donors (Lipinski definition) is 1. The molecule has 0 saturated carbocycles. The third kappa shape index (κ3) is 3.82. The van der Waals surface area contributed by atoms with Gasteiger partial charge in [0.25, 0.3) is 0 Å². The summed E-state index contributed by atoms with van der Waals surface area (Å²) in [4.78, 5) is 7.91. The zero-order valence-corrected chi connectivity index (χ0v) is 13.6. The number of aromatic hydroxyl groups is 1. The molecule has 0 bridgehead atoms. The highest BCUT2D eigenvalue weighted by atomic mass is 32.2. The van der Waals surface area contributed by atoms with Crippen molar-refractivity contribution >= 4 is 20.9 Å². The molecular formula is C16H17N3O3S. The molecule has 23 heavy (non-hydrogen) atoms. The van der Waals surface area contributed by atoms with Crippen LogP contribution in [0.15, 0.2) is 66.0 Å². The van der Waals surface area contributed by atoms with Crippen LogP contribution >= 0.6 is 0 Å². The SMILES string of the molecule is CN(C)S(=O)(=O)c1ccc(O)c2ncccc12.c1ccncc1. The summed E-state index contributed by atoms with van der Waals surface area (Å²) in [5, 5.41) is 10.0. The molecule has 1 N–H and O–H groups in total. The highest BCUT2D eigenvalue weighted by Crippen LogP contribution is 2.29. The van der Waals surface area contributed by atoms with Gasteiger partial charge in [0.1, 0.15) is 11.3 Å². The van der Waals surface area contributed by atoms with Crippen LogP contribution in [0.25, 0.3) is 10.9 Å². The van der Waals surface area contributed by atoms with Gasteiger partial charge >= 0.3 is 0 Å². The molecule has 0 fully saturated rings. The number of nitrogens with zero attached hydrogens (tertiary/aromatic N) is 3. The number of phenolic OH excluding ortho intramolecular Hbond substituents is 1. The van der Waals surface area contributed by atoms with Crippen LogP contribution in [0.5, 0.6) is 5.75 Å². The summed E-state index contributed by atoms with van der Waals surface area (Å²) in [6, 6.07) is 11.7. The summed E-state index contributed by atoms with van der Waals surface area (Å²) in [5.41, 5.74) is 0.287. The van der Waals surface area contributed by atoms with Crippen LogP contribution in [0.1, 0.15) is 0 Å². The first-order chi connectivity index (χ1) is 10.9. The third-order valence-electron chi connectivity index (χ3n) is 3.03. The highest BCUT2D eigenvalue weighted by Gasteiger charge is 2.21. The summed E-state index contributed by atoms with van der Waals surface area (Å²) in [6.45, 7) is 0. The Labute approximate surface area is 135 Å². The predicted octanol–water partition coefficient (Wildman–Crippen LogP) is 2.27. The standard InChI is InChI=1S/C11H12N2O3S.C5H5N/c1-13(2)17(15,16)10-6-5-9(14)11-8(10)4-3-7-12-11;1-2-4-6-5-3-1/h3-7,14H,1-2H3;1-5H. The number of rotatable bonds is 2. The Kier molecular flexibility index (Phi) is 5.25. The van der Waals surface area contributed by atoms with E-state index in [2.05, 4.69) is 9.97 Å². The molecule has 6 nitrogen and oxygen atoms in total. The van der Waals surface area contributed by atoms with E-state index in [0.29, 0.717) is 5.39 Å². The maximum absolute atomic E-state index is 12.1. The molecule has 120 valence electrons. The van der Waals surface area contributed by atoms with Gasteiger partial charge in [0.2, 0.25) is 10.0 Å². The Morgan fingerprint density at radius 3 is 2.17 bits per heavy atom. The maximum atomic E-state index is 12.1. The first-order valence-electron chi connectivity index (χ1n) is 6.79. The lowest BCUT2D eigenvalue weighted by molar-refractivity contribution is 0.480. The van der Waals surface area contributed by atoms with Gasteiger partial charge in [-0.2, -0.15) is 0 Å². The average molecular weight is 331 g/mol. The lowest BCUT2D eigenvalue weighted by Crippen LogP contribution is -2.22. The van der Waals surface area contributed by atoms with E-state index in [1.54, 1.807) is 24.5 Å². The molecule has 2 aromatic heterocycles. The van der Waals surface area contributed by atoms with Crippen molar-refractivity contribution in [2.45, 2.75) is 4.90 Å². The molecule has 0 saturated heterocycles. The van der Waals surface area contributed by atoms with E-state index < -0.39 is 10.0 Å². The van der Waals surface area contributed by atoms with Gasteiger partial charge in [0.15, 0.2) is 0 Å². The van der Waals surface area contributed by atoms with Gasteiger partial charge in [0, 0.05) is 38.1 Å². The average Bonchev–Trinajstić information content (AvgIpc) is 2.57. The number of aromatic nitrogens is 2. The van der Waals surface area contributed by atoms with Gasteiger partial charge in [-0.05, 0) is 36.4 Å². The lowest BCUT2D eigenvalue weighted by atomic mass is 10.2. The smallest absolute Gasteiger partial charge is 0.243 e. The Bertz CT molecular complexity index is 855. The van der Waals surface area contributed by atoms with Crippen molar-refractivity contribution in [1.29, 1.82) is 0 Å². The van der Waals surface area contributed by atoms with E-state index in [0.717, 1.165) is 4.31 Å². The van der Waals surface area contributed by atoms with Crippen LogP contribution in [0, 0.1) is 0 Å². The minimum absolute atomic E-state index is 0.0293. The third-order valence-corrected chi connectivity index (χ3v) is 4.91. The first kappa shape index (κ1) is 16.9. The molecule has 1 aromatic carbocycles. The lowest BCUT2D eigenvalue weighted by Gasteiger charge is -2.13. The van der Waals surface area contributed by atoms with E-state index >= 15 is 0 Å². The van der Waals surface area contributed by atoms with E-state index in [1.165, 1.54) is 32.4 Å². The van der Waals surface area contributed by atoms with Crippen LogP contribution in [-0.4, -0.2) is 41.9 Å². The van der Waals surface area contributed by atoms with E-state index in [1.807, 2.05) is 18.2 Å². The second-order valence-electron chi connectivity index (χ2n) is 4.79. The zero-order chi connectivity index (χ0) is 16.9. The molecule has 7 heteroatoms. The summed E-state index contributed by atoms with van der Waals surface area (Å²) in [7, 11) is -0.613. The van der Waals surface area contributed by atoms with Crippen molar-refractivity contribution in [1.82, 2.24) is 14.3 Å². The van der Waals surface area contributed by atoms with Crippen molar-refractivity contribution in [3.8, 4) is 5.75 Å². The topological polar surface area (TPSA) is 83.4 Å². The van der Waals surface area contributed by atoms with Crippen molar-refractivity contribution in [2.75, 3.05) is 14.1 Å². The van der Waals surface area contributed by atoms with Gasteiger partial charge < -0.3 is 5.11 Å². The molecule has 0 aliphatic carbocycles. The summed E-state index contributed by atoms with van der Waals surface area (Å²) in [6.07, 6.45) is 5.01. The maximum Gasteiger partial charge on any atom is 0.243 e. The van der Waals surface area contributed by atoms with Gasteiger partial charge in [0.05, 0.1) is 4.90 Å². The molecule has 3 aromatic rings. The fourth-order valence-corrected chi connectivity index (χ4v) is 2.94. The normalized spacial score (nSPS) is 11.1. The monoisotopic (exact) mass is 331 g/mol. The molecule has 0 aliphatic rings. The Morgan fingerprint density at radius 2 is 1.65 bits per heavy atom. The number of pyridine rings is 2. The van der Waals surface area contributed by atoms with Crippen LogP contribution in [-0.2, 0) is 10.0 Å². The second kappa shape index (κ2) is 7.17. The van der Waals surface area contributed by atoms with Gasteiger partial charge in [-0.1, -0.05) is 6.07 Å². The number of sulfonamides is 1. The Balaban J connectivity index is 0.000000268. The van der Waals surface area contributed by atoms with Crippen LogP contribution in [0.3, 0.4) is 0 Å². The molecule has 0 aliphatic heterocycles. The summed E-state index contributed by atoms with van der Waals surface area (Å²) >= 11 is 0. The molecule has 0 radical (unpaired) electrons. The van der Waals surface area contributed by atoms with E-state index in [9.17, 15) is 13.5 Å². The molecule has 3 rings (SSSR count). The fraction of sp³-hybridized carbons (Fsp3) is 0.125. The van der Waals surface area contributed by atoms with Gasteiger partial charge in [-0.3, -0.25) is 9.97 Å². The molecular weight excluding hydrogens is 314 g/mol. The number of benzene rings is 1. The summed E-state index contributed by atoms with van der Waals surface area (Å²) in [5.74, 6) is -0.0293. The van der Waals surface area contributed by atoms with Crippen LogP contribution < -0.4 is 0 Å². The van der Waals surface area contributed by atoms with Crippen molar-refractivity contribution in [2.24, 2.45) is 0 Å². The Hall–Kier alpha value is -2.51. The van der Waals surface area contributed by atoms with Crippen LogP contribution in [0.4, 0.5) is 0 Å². The Morgan fingerprint density at radius 1 is 0.957 bits per heavy atom. The van der Waals surface area contributed by atoms with Gasteiger partial charge in [-0.15, -0.1) is 0 Å². The summed E-state index contributed by atoms with van der Waals surface area (Å²) < 4.78 is 25.3. The number of phenols is 1. The molecule has 2 heterocycles. The predicted molar refractivity (Wildman–Crippen MR) is 88.5 cm³/mol. The zero-order valence-electron chi connectivity index (χ0n) is 12.8. The second-order valence-corrected chi connectivity index (χ2v) is 6.91. The van der Waals surface area contributed by atoms with Crippen LogP contribution in [0.2, 0.25) is 0 Å². The minimum Gasteiger partial charge on any atom is -0.506 e. The fourth-order valence-electron chi connectivity index (χ4n) is 1.87. The molecule has 0 amide bonds. The van der Waals surface area contributed by atoms with E-state index in [4.69, 9.17) is 0 Å². The number of fused-ring (bicyclic) bond motifs is 1. The number of hydrogen-bond acceptors (Lipinski definition) is 5. The molecule has 0 spiro atoms. The highest BCUT2D eigenvalue weighted by molar-refractivity contribution is 7.89. The largest absolute Gasteiger partial charge is 0.506 e. The molecule has 0 atom stereocenters. The van der Waals surface area contributed by atoms with E-state index in [-0.39, 0.29) is 16.2 Å². The molecule has 0 unspecified atom stereocenters.